The molecule has 2 amide bonds. The van der Waals surface area contributed by atoms with Gasteiger partial charge in [0.1, 0.15) is 5.75 Å². The molecule has 32 heavy (non-hydrogen) atoms. The molecule has 0 unspecified atom stereocenters. The summed E-state index contributed by atoms with van der Waals surface area (Å²) in [5.41, 5.74) is 4.67. The topological polar surface area (TPSA) is 63.7 Å². The Labute approximate surface area is 193 Å². The Hall–Kier alpha value is -3.25. The summed E-state index contributed by atoms with van der Waals surface area (Å²) in [6, 6.07) is 22.7. The van der Waals surface area contributed by atoms with Crippen molar-refractivity contribution in [1.82, 2.24) is 0 Å². The maximum atomic E-state index is 13.9. The quantitative estimate of drug-likeness (QED) is 0.231. The molecule has 3 aromatic rings. The van der Waals surface area contributed by atoms with Crippen molar-refractivity contribution in [3.8, 4) is 5.75 Å². The first-order chi connectivity index (χ1) is 15.4. The monoisotopic (exact) mass is 487 g/mol. The average molecular weight is 488 g/mol. The molecule has 3 aliphatic carbocycles. The van der Waals surface area contributed by atoms with Crippen LogP contribution in [0.25, 0.3) is 0 Å². The summed E-state index contributed by atoms with van der Waals surface area (Å²) in [5, 5.41) is 0. The van der Waals surface area contributed by atoms with Crippen molar-refractivity contribution >= 4 is 39.4 Å². The molecule has 3 aromatic carbocycles. The van der Waals surface area contributed by atoms with Gasteiger partial charge in [0.25, 0.3) is 0 Å². The van der Waals surface area contributed by atoms with Gasteiger partial charge in [-0.3, -0.25) is 14.4 Å². The van der Waals surface area contributed by atoms with E-state index in [0.717, 1.165) is 22.3 Å². The van der Waals surface area contributed by atoms with Crippen molar-refractivity contribution in [2.75, 3.05) is 4.90 Å². The second-order valence-corrected chi connectivity index (χ2v) is 9.72. The molecule has 1 fully saturated rings. The Balaban J connectivity index is 1.54. The van der Waals surface area contributed by atoms with Gasteiger partial charge in [-0.15, -0.1) is 0 Å². The van der Waals surface area contributed by atoms with E-state index in [-0.39, 0.29) is 17.7 Å². The number of nitrogens with zero attached hydrogens (tertiary/aromatic N) is 1. The molecule has 1 aliphatic heterocycles. The van der Waals surface area contributed by atoms with Crippen LogP contribution >= 0.6 is 15.9 Å². The van der Waals surface area contributed by atoms with Gasteiger partial charge in [0.2, 0.25) is 11.8 Å². The Morgan fingerprint density at radius 2 is 1.53 bits per heavy atom. The Morgan fingerprint density at radius 3 is 2.16 bits per heavy atom. The normalized spacial score (nSPS) is 27.1. The lowest BCUT2D eigenvalue weighted by atomic mass is 9.55. The summed E-state index contributed by atoms with van der Waals surface area (Å²) in [6.07, 6.45) is 0. The van der Waals surface area contributed by atoms with Crippen LogP contribution in [0.4, 0.5) is 5.69 Å². The van der Waals surface area contributed by atoms with Gasteiger partial charge in [0.05, 0.1) is 21.8 Å². The van der Waals surface area contributed by atoms with Crippen LogP contribution in [-0.4, -0.2) is 17.8 Å². The maximum Gasteiger partial charge on any atom is 0.308 e. The largest absolute Gasteiger partial charge is 0.427 e. The third kappa shape index (κ3) is 2.36. The van der Waals surface area contributed by atoms with E-state index in [2.05, 4.69) is 28.1 Å². The van der Waals surface area contributed by atoms with Gasteiger partial charge in [0.15, 0.2) is 0 Å². The van der Waals surface area contributed by atoms with Gasteiger partial charge < -0.3 is 4.74 Å². The van der Waals surface area contributed by atoms with Gasteiger partial charge in [0, 0.05) is 18.9 Å². The van der Waals surface area contributed by atoms with E-state index in [9.17, 15) is 14.4 Å². The number of imide groups is 1. The molecular formula is C26H18BrNO4. The number of hydrogen-bond acceptors (Lipinski definition) is 4. The molecule has 0 spiro atoms. The standard InChI is InChI=1S/C26H18BrNO4/c1-14(29)32-16-8-6-7-15(13-16)28-24(30)22-21-17-9-2-4-11-19(17)26(27,23(22)25(28)31)20-12-5-3-10-18(20)21/h2-13,21-23H,1H3/t21?,22-,23-,26?/m0/s1. The van der Waals surface area contributed by atoms with Crippen LogP contribution in [0.3, 0.4) is 0 Å². The molecule has 7 rings (SSSR count). The molecule has 0 saturated carbocycles. The van der Waals surface area contributed by atoms with E-state index in [1.165, 1.54) is 11.8 Å². The number of esters is 1. The molecule has 0 radical (unpaired) electrons. The first kappa shape index (κ1) is 19.4. The van der Waals surface area contributed by atoms with Crippen molar-refractivity contribution in [2.45, 2.75) is 17.2 Å². The highest BCUT2D eigenvalue weighted by molar-refractivity contribution is 9.09. The van der Waals surface area contributed by atoms with E-state index in [1.807, 2.05) is 36.4 Å². The number of hydrogen-bond donors (Lipinski definition) is 0. The summed E-state index contributed by atoms with van der Waals surface area (Å²) >= 11 is 3.98. The number of amides is 2. The number of ether oxygens (including phenoxy) is 1. The highest BCUT2D eigenvalue weighted by Crippen LogP contribution is 2.66. The van der Waals surface area contributed by atoms with Crippen LogP contribution in [0.1, 0.15) is 35.1 Å². The van der Waals surface area contributed by atoms with Crippen LogP contribution in [0, 0.1) is 11.8 Å². The van der Waals surface area contributed by atoms with E-state index in [0.29, 0.717) is 11.4 Å². The molecule has 2 bridgehead atoms. The first-order valence-electron chi connectivity index (χ1n) is 10.5. The Kier molecular flexibility index (Phi) is 4.02. The molecule has 158 valence electrons. The van der Waals surface area contributed by atoms with Gasteiger partial charge >= 0.3 is 5.97 Å². The Morgan fingerprint density at radius 1 is 0.906 bits per heavy atom. The number of anilines is 1. The minimum absolute atomic E-state index is 0.190. The SMILES string of the molecule is CC(=O)Oc1cccc(N2C(=O)[C@@H]3[C@@H](C2=O)C2c4ccccc4C3(Br)c3ccccc32)c1. The van der Waals surface area contributed by atoms with Gasteiger partial charge in [-0.1, -0.05) is 70.5 Å². The Bertz CT molecular complexity index is 1290. The summed E-state index contributed by atoms with van der Waals surface area (Å²) in [5.74, 6) is -1.90. The van der Waals surface area contributed by atoms with Crippen LogP contribution in [0.5, 0.6) is 5.75 Å². The third-order valence-electron chi connectivity index (χ3n) is 6.85. The first-order valence-corrected chi connectivity index (χ1v) is 11.3. The minimum Gasteiger partial charge on any atom is -0.427 e. The number of alkyl halides is 1. The second kappa shape index (κ2) is 6.62. The van der Waals surface area contributed by atoms with Gasteiger partial charge in [-0.05, 0) is 34.4 Å². The molecule has 1 saturated heterocycles. The van der Waals surface area contributed by atoms with E-state index >= 15 is 0 Å². The minimum atomic E-state index is -0.783. The lowest BCUT2D eigenvalue weighted by Gasteiger charge is -2.51. The molecule has 6 heteroatoms. The van der Waals surface area contributed by atoms with Crippen molar-refractivity contribution < 1.29 is 19.1 Å². The van der Waals surface area contributed by atoms with E-state index < -0.39 is 22.1 Å². The van der Waals surface area contributed by atoms with Crippen molar-refractivity contribution in [2.24, 2.45) is 11.8 Å². The lowest BCUT2D eigenvalue weighted by Crippen LogP contribution is -2.50. The zero-order chi connectivity index (χ0) is 22.2. The smallest absolute Gasteiger partial charge is 0.308 e. The lowest BCUT2D eigenvalue weighted by molar-refractivity contribution is -0.132. The van der Waals surface area contributed by atoms with Crippen LogP contribution in [-0.2, 0) is 18.7 Å². The van der Waals surface area contributed by atoms with E-state index in [4.69, 9.17) is 4.74 Å². The molecule has 4 aliphatic rings. The second-order valence-electron chi connectivity index (χ2n) is 8.47. The van der Waals surface area contributed by atoms with Gasteiger partial charge in [-0.2, -0.15) is 0 Å². The molecule has 0 N–H and O–H groups in total. The van der Waals surface area contributed by atoms with E-state index in [1.54, 1.807) is 24.3 Å². The number of carbonyl (C=O) groups is 3. The fourth-order valence-corrected chi connectivity index (χ4v) is 6.99. The number of rotatable bonds is 2. The van der Waals surface area contributed by atoms with Crippen LogP contribution < -0.4 is 9.64 Å². The van der Waals surface area contributed by atoms with Crippen molar-refractivity contribution in [3.05, 3.63) is 95.1 Å². The highest BCUT2D eigenvalue weighted by Gasteiger charge is 2.67. The third-order valence-corrected chi connectivity index (χ3v) is 8.20. The van der Waals surface area contributed by atoms with Crippen molar-refractivity contribution in [3.63, 3.8) is 0 Å². The average Bonchev–Trinajstić information content (AvgIpc) is 3.05. The fourth-order valence-electron chi connectivity index (χ4n) is 5.79. The highest BCUT2D eigenvalue weighted by atomic mass is 79.9. The number of halogens is 1. The molecule has 1 heterocycles. The zero-order valence-electron chi connectivity index (χ0n) is 17.1. The number of carbonyl (C=O) groups excluding carboxylic acids is 3. The summed E-state index contributed by atoms with van der Waals surface area (Å²) < 4.78 is 4.40. The van der Waals surface area contributed by atoms with Gasteiger partial charge in [-0.25, -0.2) is 4.90 Å². The van der Waals surface area contributed by atoms with Crippen LogP contribution in [0.2, 0.25) is 0 Å². The molecule has 0 aromatic heterocycles. The fraction of sp³-hybridized carbons (Fsp3) is 0.192. The predicted molar refractivity (Wildman–Crippen MR) is 122 cm³/mol. The summed E-state index contributed by atoms with van der Waals surface area (Å²) in [6.45, 7) is 1.31. The number of benzene rings is 3. The summed E-state index contributed by atoms with van der Waals surface area (Å²) in [7, 11) is 0. The molecule has 5 nitrogen and oxygen atoms in total. The summed E-state index contributed by atoms with van der Waals surface area (Å²) in [4.78, 5) is 40.3. The predicted octanol–water partition coefficient (Wildman–Crippen LogP) is 4.52. The molecule has 2 atom stereocenters. The maximum absolute atomic E-state index is 13.9. The van der Waals surface area contributed by atoms with Crippen LogP contribution in [0.15, 0.2) is 72.8 Å². The molecular weight excluding hydrogens is 470 g/mol. The van der Waals surface area contributed by atoms with Crippen molar-refractivity contribution in [1.29, 1.82) is 0 Å². The zero-order valence-corrected chi connectivity index (χ0v) is 18.7.